The number of carbonyl (C=O) groups excluding carboxylic acids is 1. The number of nitrogens with one attached hydrogen (secondary N) is 1. The number of aryl methyl sites for hydroxylation is 2. The zero-order valence-corrected chi connectivity index (χ0v) is 11.8. The molecule has 106 valence electrons. The molecule has 1 rings (SSSR count). The highest BCUT2D eigenvalue weighted by atomic mass is 16.5. The Kier molecular flexibility index (Phi) is 7.91. The molecule has 0 aliphatic heterocycles. The van der Waals surface area contributed by atoms with Gasteiger partial charge in [-0.25, -0.2) is 5.48 Å². The summed E-state index contributed by atoms with van der Waals surface area (Å²) in [5, 5.41) is 8.34. The molecule has 0 aliphatic carbocycles. The van der Waals surface area contributed by atoms with Crippen molar-refractivity contribution in [3.63, 3.8) is 0 Å². The van der Waals surface area contributed by atoms with Crippen LogP contribution in [0.5, 0.6) is 0 Å². The summed E-state index contributed by atoms with van der Waals surface area (Å²) in [6.07, 6.45) is 8.41. The fourth-order valence-corrected chi connectivity index (χ4v) is 2.25. The van der Waals surface area contributed by atoms with Crippen molar-refractivity contribution in [2.45, 2.75) is 58.3 Å². The van der Waals surface area contributed by atoms with Crippen molar-refractivity contribution in [1.82, 2.24) is 5.48 Å². The quantitative estimate of drug-likeness (QED) is 0.405. The summed E-state index contributed by atoms with van der Waals surface area (Å²) in [6.45, 7) is 2.13. The van der Waals surface area contributed by atoms with Crippen molar-refractivity contribution in [1.29, 1.82) is 0 Å². The van der Waals surface area contributed by atoms with Crippen LogP contribution >= 0.6 is 0 Å². The predicted octanol–water partition coefficient (Wildman–Crippen LogP) is 3.77. The van der Waals surface area contributed by atoms with Gasteiger partial charge < -0.3 is 0 Å². The van der Waals surface area contributed by atoms with E-state index in [9.17, 15) is 4.79 Å². The molecule has 0 spiro atoms. The Hall–Kier alpha value is -1.35. The Balaban J connectivity index is 1.95. The monoisotopic (exact) mass is 263 g/mol. The zero-order chi connectivity index (χ0) is 13.9. The number of hydroxylamine groups is 1. The minimum atomic E-state index is -0.278. The first-order chi connectivity index (χ1) is 9.22. The van der Waals surface area contributed by atoms with Gasteiger partial charge in [-0.1, -0.05) is 55.5 Å². The van der Waals surface area contributed by atoms with Crippen molar-refractivity contribution in [3.05, 3.63) is 35.4 Å². The molecule has 0 saturated carbocycles. The van der Waals surface area contributed by atoms with E-state index in [0.29, 0.717) is 6.42 Å². The van der Waals surface area contributed by atoms with Gasteiger partial charge in [0.15, 0.2) is 0 Å². The van der Waals surface area contributed by atoms with Crippen LogP contribution in [0.3, 0.4) is 0 Å². The average molecular weight is 263 g/mol. The van der Waals surface area contributed by atoms with Gasteiger partial charge in [0.05, 0.1) is 0 Å². The Morgan fingerprint density at radius 2 is 1.79 bits per heavy atom. The number of amides is 1. The summed E-state index contributed by atoms with van der Waals surface area (Å²) >= 11 is 0. The summed E-state index contributed by atoms with van der Waals surface area (Å²) < 4.78 is 0. The maximum atomic E-state index is 10.8. The second-order valence-electron chi connectivity index (χ2n) is 5.15. The van der Waals surface area contributed by atoms with Crippen LogP contribution in [0.4, 0.5) is 0 Å². The van der Waals surface area contributed by atoms with Gasteiger partial charge in [0.1, 0.15) is 0 Å². The van der Waals surface area contributed by atoms with E-state index in [1.165, 1.54) is 36.8 Å². The number of unbranched alkanes of at least 4 members (excludes halogenated alkanes) is 5. The SMILES string of the molecule is Cc1cccc(CCCCCCCCC(=O)NO)c1. The Morgan fingerprint density at radius 1 is 1.11 bits per heavy atom. The van der Waals surface area contributed by atoms with Crippen LogP contribution in [0.25, 0.3) is 0 Å². The number of rotatable bonds is 9. The molecule has 19 heavy (non-hydrogen) atoms. The first-order valence-electron chi connectivity index (χ1n) is 7.21. The van der Waals surface area contributed by atoms with Crippen molar-refractivity contribution in [3.8, 4) is 0 Å². The van der Waals surface area contributed by atoms with E-state index in [-0.39, 0.29) is 5.91 Å². The van der Waals surface area contributed by atoms with E-state index in [0.717, 1.165) is 19.3 Å². The summed E-state index contributed by atoms with van der Waals surface area (Å²) in [5.74, 6) is -0.278. The van der Waals surface area contributed by atoms with Crippen molar-refractivity contribution in [2.24, 2.45) is 0 Å². The molecular formula is C16H25NO2. The summed E-state index contributed by atoms with van der Waals surface area (Å²) in [7, 11) is 0. The lowest BCUT2D eigenvalue weighted by molar-refractivity contribution is -0.129. The lowest BCUT2D eigenvalue weighted by atomic mass is 10.0. The normalized spacial score (nSPS) is 10.4. The third kappa shape index (κ3) is 7.62. The molecule has 0 heterocycles. The number of carbonyl (C=O) groups is 1. The highest BCUT2D eigenvalue weighted by Gasteiger charge is 1.98. The molecule has 0 aliphatic rings. The second-order valence-corrected chi connectivity index (χ2v) is 5.15. The van der Waals surface area contributed by atoms with Gasteiger partial charge in [-0.05, 0) is 31.7 Å². The van der Waals surface area contributed by atoms with Crippen LogP contribution in [-0.2, 0) is 11.2 Å². The molecule has 1 aromatic rings. The predicted molar refractivity (Wildman–Crippen MR) is 77.1 cm³/mol. The standard InChI is InChI=1S/C16H25NO2/c1-14-9-8-11-15(13-14)10-6-4-2-3-5-7-12-16(18)17-19/h8-9,11,13,19H,2-7,10,12H2,1H3,(H,17,18). The molecule has 0 bridgehead atoms. The molecule has 1 aromatic carbocycles. The van der Waals surface area contributed by atoms with Gasteiger partial charge in [-0.2, -0.15) is 0 Å². The molecule has 0 aromatic heterocycles. The fraction of sp³-hybridized carbons (Fsp3) is 0.562. The first-order valence-corrected chi connectivity index (χ1v) is 7.21. The Morgan fingerprint density at radius 3 is 2.47 bits per heavy atom. The van der Waals surface area contributed by atoms with Crippen LogP contribution in [0.1, 0.15) is 56.1 Å². The van der Waals surface area contributed by atoms with E-state index in [1.54, 1.807) is 5.48 Å². The van der Waals surface area contributed by atoms with Crippen LogP contribution < -0.4 is 5.48 Å². The van der Waals surface area contributed by atoms with Gasteiger partial charge in [-0.15, -0.1) is 0 Å². The van der Waals surface area contributed by atoms with E-state index in [1.807, 2.05) is 0 Å². The molecule has 1 amide bonds. The Labute approximate surface area is 116 Å². The van der Waals surface area contributed by atoms with Crippen LogP contribution in [0.15, 0.2) is 24.3 Å². The van der Waals surface area contributed by atoms with Crippen LogP contribution in [0.2, 0.25) is 0 Å². The molecule has 0 unspecified atom stereocenters. The molecule has 2 N–H and O–H groups in total. The minimum absolute atomic E-state index is 0.278. The Bertz CT molecular complexity index is 377. The number of hydrogen-bond acceptors (Lipinski definition) is 2. The van der Waals surface area contributed by atoms with Crippen LogP contribution in [-0.4, -0.2) is 11.1 Å². The minimum Gasteiger partial charge on any atom is -0.289 e. The number of hydrogen-bond donors (Lipinski definition) is 2. The summed E-state index contributed by atoms with van der Waals surface area (Å²) in [6, 6.07) is 8.71. The molecular weight excluding hydrogens is 238 g/mol. The maximum Gasteiger partial charge on any atom is 0.243 e. The second kappa shape index (κ2) is 9.56. The van der Waals surface area contributed by atoms with Crippen LogP contribution in [0, 0.1) is 6.92 Å². The van der Waals surface area contributed by atoms with Gasteiger partial charge in [-0.3, -0.25) is 10.0 Å². The highest BCUT2D eigenvalue weighted by molar-refractivity contribution is 5.74. The van der Waals surface area contributed by atoms with E-state index in [2.05, 4.69) is 31.2 Å². The zero-order valence-electron chi connectivity index (χ0n) is 11.8. The van der Waals surface area contributed by atoms with Gasteiger partial charge in [0, 0.05) is 6.42 Å². The molecule has 3 nitrogen and oxygen atoms in total. The molecule has 0 saturated heterocycles. The van der Waals surface area contributed by atoms with Crippen molar-refractivity contribution < 1.29 is 10.0 Å². The molecule has 0 fully saturated rings. The van der Waals surface area contributed by atoms with Crippen molar-refractivity contribution >= 4 is 5.91 Å². The fourth-order valence-electron chi connectivity index (χ4n) is 2.25. The third-order valence-corrected chi connectivity index (χ3v) is 3.33. The maximum absolute atomic E-state index is 10.8. The smallest absolute Gasteiger partial charge is 0.243 e. The average Bonchev–Trinajstić information content (AvgIpc) is 2.41. The largest absolute Gasteiger partial charge is 0.289 e. The van der Waals surface area contributed by atoms with Gasteiger partial charge >= 0.3 is 0 Å². The third-order valence-electron chi connectivity index (χ3n) is 3.33. The number of benzene rings is 1. The molecule has 0 radical (unpaired) electrons. The topological polar surface area (TPSA) is 49.3 Å². The van der Waals surface area contributed by atoms with Gasteiger partial charge in [0.2, 0.25) is 5.91 Å². The van der Waals surface area contributed by atoms with E-state index in [4.69, 9.17) is 5.21 Å². The highest BCUT2D eigenvalue weighted by Crippen LogP contribution is 2.11. The summed E-state index contributed by atoms with van der Waals surface area (Å²) in [4.78, 5) is 10.8. The summed E-state index contributed by atoms with van der Waals surface area (Å²) in [5.41, 5.74) is 4.42. The molecule has 0 atom stereocenters. The van der Waals surface area contributed by atoms with Crippen molar-refractivity contribution in [2.75, 3.05) is 0 Å². The lowest BCUT2D eigenvalue weighted by Crippen LogP contribution is -2.17. The lowest BCUT2D eigenvalue weighted by Gasteiger charge is -2.03. The van der Waals surface area contributed by atoms with Gasteiger partial charge in [0.25, 0.3) is 0 Å². The van der Waals surface area contributed by atoms with E-state index >= 15 is 0 Å². The first kappa shape index (κ1) is 15.7. The molecule has 3 heteroatoms. The van der Waals surface area contributed by atoms with E-state index < -0.39 is 0 Å².